The highest BCUT2D eigenvalue weighted by Crippen LogP contribution is 2.31. The molecule has 1 aliphatic heterocycles. The number of nitrogens with zero attached hydrogens (tertiary/aromatic N) is 2. The Labute approximate surface area is 228 Å². The molecule has 3 N–H and O–H groups in total. The molecule has 7 heteroatoms. The minimum Gasteiger partial charge on any atom is -0.370 e. The number of halogens is 2. The maximum absolute atomic E-state index is 14.9. The number of amides is 1. The fraction of sp³-hybridized carbons (Fsp3) is 0.467. The molecule has 1 amide bonds. The summed E-state index contributed by atoms with van der Waals surface area (Å²) in [5.41, 5.74) is 10.4. The second kappa shape index (κ2) is 13.3. The van der Waals surface area contributed by atoms with Crippen LogP contribution in [0.5, 0.6) is 0 Å². The summed E-state index contributed by atoms with van der Waals surface area (Å²) < 4.78 is 15.9. The predicted molar refractivity (Wildman–Crippen MR) is 153 cm³/mol. The smallest absolute Gasteiger partial charge is 0.258 e. The number of allylic oxidation sites excluding steroid dienone is 1. The Balaban J connectivity index is 1.38. The van der Waals surface area contributed by atoms with Gasteiger partial charge in [-0.15, -0.1) is 0 Å². The average Bonchev–Trinajstić information content (AvgIpc) is 3.40. The van der Waals surface area contributed by atoms with Crippen molar-refractivity contribution in [3.05, 3.63) is 74.5 Å². The fourth-order valence-electron chi connectivity index (χ4n) is 5.35. The molecule has 5 nitrogen and oxygen atoms in total. The summed E-state index contributed by atoms with van der Waals surface area (Å²) in [5, 5.41) is 2.66. The van der Waals surface area contributed by atoms with Crippen molar-refractivity contribution in [2.75, 3.05) is 26.2 Å². The second-order valence-corrected chi connectivity index (χ2v) is 11.0. The number of rotatable bonds is 10. The second-order valence-electron chi connectivity index (χ2n) is 10.1. The Kier molecular flexibility index (Phi) is 9.92. The molecular weight excluding hydrogens is 531 g/mol. The minimum atomic E-state index is -0.418. The summed E-state index contributed by atoms with van der Waals surface area (Å²) in [5.74, 6) is -0.192. The van der Waals surface area contributed by atoms with E-state index >= 15 is 0 Å². The van der Waals surface area contributed by atoms with E-state index in [-0.39, 0.29) is 11.8 Å². The van der Waals surface area contributed by atoms with Gasteiger partial charge in [0.25, 0.3) is 5.91 Å². The Morgan fingerprint density at radius 3 is 2.81 bits per heavy atom. The molecular formula is C30H38BrFN4O. The summed E-state index contributed by atoms with van der Waals surface area (Å²) in [6.45, 7) is 6.24. The molecule has 198 valence electrons. The molecule has 1 unspecified atom stereocenters. The molecule has 1 atom stereocenters. The number of unbranched alkanes of at least 4 members (excludes halogenated alkanes) is 1. The molecule has 2 aromatic carbocycles. The van der Waals surface area contributed by atoms with Gasteiger partial charge in [-0.2, -0.15) is 0 Å². The van der Waals surface area contributed by atoms with E-state index in [0.29, 0.717) is 36.4 Å². The number of aryl methyl sites for hydroxylation is 1. The lowest BCUT2D eigenvalue weighted by Gasteiger charge is -2.22. The third-order valence-electron chi connectivity index (χ3n) is 7.49. The van der Waals surface area contributed by atoms with Crippen LogP contribution in [0.4, 0.5) is 4.39 Å². The number of aliphatic imine (C=N–C) groups is 1. The van der Waals surface area contributed by atoms with Crippen molar-refractivity contribution in [3.63, 3.8) is 0 Å². The van der Waals surface area contributed by atoms with Gasteiger partial charge in [0, 0.05) is 22.1 Å². The van der Waals surface area contributed by atoms with Crippen LogP contribution in [0, 0.1) is 11.7 Å². The largest absolute Gasteiger partial charge is 0.370 e. The quantitative estimate of drug-likeness (QED) is 0.213. The number of guanidine groups is 1. The van der Waals surface area contributed by atoms with Crippen LogP contribution in [0.1, 0.15) is 71.6 Å². The van der Waals surface area contributed by atoms with E-state index in [1.165, 1.54) is 48.7 Å². The zero-order valence-corrected chi connectivity index (χ0v) is 23.3. The van der Waals surface area contributed by atoms with E-state index in [2.05, 4.69) is 62.3 Å². The number of hydrogen-bond acceptors (Lipinski definition) is 3. The molecule has 0 aromatic heterocycles. The van der Waals surface area contributed by atoms with Crippen LogP contribution in [0.2, 0.25) is 0 Å². The zero-order chi connectivity index (χ0) is 26.2. The first-order chi connectivity index (χ1) is 17.9. The van der Waals surface area contributed by atoms with E-state index in [0.717, 1.165) is 36.7 Å². The highest BCUT2D eigenvalue weighted by molar-refractivity contribution is 9.10. The SMILES string of the molecule is CCC1C=Cc2cc(Br)cc(CCc3c(F)cccc3C(=O)NC(N)=NCCCCN3CCCC3)c2C1. The van der Waals surface area contributed by atoms with Crippen LogP contribution in [0.15, 0.2) is 45.9 Å². The Morgan fingerprint density at radius 2 is 2.03 bits per heavy atom. The number of carbonyl (C=O) groups is 1. The first kappa shape index (κ1) is 27.5. The standard InChI is InChI=1S/C30H38BrFN4O/c1-2-21-10-11-22-19-24(31)20-23(27(22)18-21)12-13-25-26(8-7-9-28(25)32)29(37)35-30(33)34-14-3-4-15-36-16-5-6-17-36/h7-11,19-21H,2-6,12-18H2,1H3,(H3,33,34,35,37). The van der Waals surface area contributed by atoms with Crippen molar-refractivity contribution in [1.82, 2.24) is 10.2 Å². The van der Waals surface area contributed by atoms with E-state index in [9.17, 15) is 9.18 Å². The number of hydrogen-bond donors (Lipinski definition) is 2. The molecule has 1 saturated heterocycles. The summed E-state index contributed by atoms with van der Waals surface area (Å²) in [7, 11) is 0. The van der Waals surface area contributed by atoms with Gasteiger partial charge in [0.1, 0.15) is 5.82 Å². The first-order valence-corrected chi connectivity index (χ1v) is 14.3. The minimum absolute atomic E-state index is 0.0832. The van der Waals surface area contributed by atoms with Crippen LogP contribution in [0.3, 0.4) is 0 Å². The van der Waals surface area contributed by atoms with E-state index in [1.54, 1.807) is 12.1 Å². The molecule has 0 spiro atoms. The normalized spacial score (nSPS) is 17.7. The van der Waals surface area contributed by atoms with Crippen molar-refractivity contribution < 1.29 is 9.18 Å². The van der Waals surface area contributed by atoms with Crippen LogP contribution in [0.25, 0.3) is 6.08 Å². The number of nitrogens with one attached hydrogen (secondary N) is 1. The van der Waals surface area contributed by atoms with Gasteiger partial charge in [-0.05, 0) is 118 Å². The number of nitrogens with two attached hydrogens (primary N) is 1. The number of benzene rings is 2. The van der Waals surface area contributed by atoms with Crippen molar-refractivity contribution in [3.8, 4) is 0 Å². The van der Waals surface area contributed by atoms with Crippen molar-refractivity contribution in [2.24, 2.45) is 16.6 Å². The molecule has 0 radical (unpaired) electrons. The van der Waals surface area contributed by atoms with Gasteiger partial charge < -0.3 is 10.6 Å². The Morgan fingerprint density at radius 1 is 1.22 bits per heavy atom. The summed E-state index contributed by atoms with van der Waals surface area (Å²) in [4.78, 5) is 19.8. The van der Waals surface area contributed by atoms with Gasteiger partial charge in [-0.1, -0.05) is 41.1 Å². The molecule has 0 bridgehead atoms. The summed E-state index contributed by atoms with van der Waals surface area (Å²) in [6.07, 6.45) is 12.2. The van der Waals surface area contributed by atoms with Gasteiger partial charge in [0.15, 0.2) is 5.96 Å². The van der Waals surface area contributed by atoms with Crippen LogP contribution >= 0.6 is 15.9 Å². The lowest BCUT2D eigenvalue weighted by atomic mass is 9.84. The lowest BCUT2D eigenvalue weighted by molar-refractivity contribution is 0.0975. The van der Waals surface area contributed by atoms with Gasteiger partial charge in [0.05, 0.1) is 0 Å². The predicted octanol–water partition coefficient (Wildman–Crippen LogP) is 5.89. The van der Waals surface area contributed by atoms with Crippen molar-refractivity contribution in [2.45, 2.75) is 58.3 Å². The van der Waals surface area contributed by atoms with Crippen LogP contribution in [-0.2, 0) is 19.3 Å². The van der Waals surface area contributed by atoms with Gasteiger partial charge in [-0.25, -0.2) is 4.39 Å². The van der Waals surface area contributed by atoms with Gasteiger partial charge in [-0.3, -0.25) is 15.1 Å². The number of likely N-dealkylation sites (tertiary alicyclic amines) is 1. The zero-order valence-electron chi connectivity index (χ0n) is 21.7. The highest BCUT2D eigenvalue weighted by atomic mass is 79.9. The third-order valence-corrected chi connectivity index (χ3v) is 7.95. The summed E-state index contributed by atoms with van der Waals surface area (Å²) in [6, 6.07) is 8.90. The van der Waals surface area contributed by atoms with E-state index in [1.807, 2.05) is 0 Å². The molecule has 37 heavy (non-hydrogen) atoms. The fourth-order valence-corrected chi connectivity index (χ4v) is 5.87. The van der Waals surface area contributed by atoms with E-state index in [4.69, 9.17) is 5.73 Å². The lowest BCUT2D eigenvalue weighted by Crippen LogP contribution is -2.37. The van der Waals surface area contributed by atoms with Crippen molar-refractivity contribution in [1.29, 1.82) is 0 Å². The molecule has 1 heterocycles. The molecule has 2 aliphatic rings. The van der Waals surface area contributed by atoms with Gasteiger partial charge >= 0.3 is 0 Å². The van der Waals surface area contributed by atoms with E-state index < -0.39 is 5.91 Å². The Hall–Kier alpha value is -2.51. The molecule has 1 aliphatic carbocycles. The molecule has 1 fully saturated rings. The maximum atomic E-state index is 14.9. The third kappa shape index (κ3) is 7.51. The maximum Gasteiger partial charge on any atom is 0.258 e. The summed E-state index contributed by atoms with van der Waals surface area (Å²) >= 11 is 3.62. The topological polar surface area (TPSA) is 70.7 Å². The Bertz CT molecular complexity index is 1160. The first-order valence-electron chi connectivity index (χ1n) is 13.5. The molecule has 2 aromatic rings. The average molecular weight is 570 g/mol. The number of carbonyl (C=O) groups excluding carboxylic acids is 1. The highest BCUT2D eigenvalue weighted by Gasteiger charge is 2.20. The molecule has 4 rings (SSSR count). The van der Waals surface area contributed by atoms with Crippen LogP contribution in [-0.4, -0.2) is 42.9 Å². The van der Waals surface area contributed by atoms with Gasteiger partial charge in [0.2, 0.25) is 0 Å². The van der Waals surface area contributed by atoms with Crippen LogP contribution < -0.4 is 11.1 Å². The van der Waals surface area contributed by atoms with Crippen molar-refractivity contribution >= 4 is 33.9 Å². The molecule has 0 saturated carbocycles. The monoisotopic (exact) mass is 568 g/mol. The number of fused-ring (bicyclic) bond motifs is 1.